The molecule has 25 heavy (non-hydrogen) atoms. The van der Waals surface area contributed by atoms with E-state index in [1.165, 1.54) is 6.07 Å². The molecule has 2 aromatic carbocycles. The van der Waals surface area contributed by atoms with Crippen LogP contribution in [0.15, 0.2) is 40.8 Å². The zero-order chi connectivity index (χ0) is 18.1. The third-order valence-electron chi connectivity index (χ3n) is 4.14. The molecule has 3 aromatic rings. The molecule has 6 heteroatoms. The number of ether oxygens (including phenoxy) is 1. The molecule has 1 atom stereocenters. The van der Waals surface area contributed by atoms with E-state index in [0.717, 1.165) is 17.5 Å². The van der Waals surface area contributed by atoms with Crippen molar-refractivity contribution in [3.8, 4) is 5.75 Å². The number of furan rings is 1. The van der Waals surface area contributed by atoms with E-state index in [1.807, 2.05) is 0 Å². The Balaban J connectivity index is 1.86. The van der Waals surface area contributed by atoms with Crippen LogP contribution < -0.4 is 10.1 Å². The van der Waals surface area contributed by atoms with E-state index in [1.54, 1.807) is 39.2 Å². The predicted molar refractivity (Wildman–Crippen MR) is 89.7 cm³/mol. The molecule has 0 saturated heterocycles. The third kappa shape index (κ3) is 3.20. The highest BCUT2D eigenvalue weighted by molar-refractivity contribution is 5.99. The smallest absolute Gasteiger partial charge is 0.287 e. The fourth-order valence-corrected chi connectivity index (χ4v) is 2.67. The lowest BCUT2D eigenvalue weighted by Gasteiger charge is -2.14. The second kappa shape index (κ2) is 6.55. The van der Waals surface area contributed by atoms with Crippen LogP contribution in [0.4, 0.5) is 8.78 Å². The standard InChI is InChI=1S/C19H17F2NO3/c1-10-14-9-13(24-3)5-7-17(14)25-18(10)19(23)22-11(2)12-4-6-15(20)16(21)8-12/h4-9,11H,1-3H3,(H,22,23)/t11-/m0/s1. The maximum Gasteiger partial charge on any atom is 0.287 e. The van der Waals surface area contributed by atoms with Gasteiger partial charge in [0.25, 0.3) is 5.91 Å². The number of aryl methyl sites for hydroxylation is 1. The molecule has 0 fully saturated rings. The molecule has 1 heterocycles. The van der Waals surface area contributed by atoms with Gasteiger partial charge in [0.1, 0.15) is 11.3 Å². The first-order chi connectivity index (χ1) is 11.9. The molecule has 1 N–H and O–H groups in total. The van der Waals surface area contributed by atoms with Gasteiger partial charge >= 0.3 is 0 Å². The Morgan fingerprint density at radius 1 is 1.16 bits per heavy atom. The Hall–Kier alpha value is -2.89. The van der Waals surface area contributed by atoms with Crippen LogP contribution in [0.3, 0.4) is 0 Å². The number of fused-ring (bicyclic) bond motifs is 1. The lowest BCUT2D eigenvalue weighted by molar-refractivity contribution is 0.0913. The van der Waals surface area contributed by atoms with Crippen molar-refractivity contribution in [2.45, 2.75) is 19.9 Å². The van der Waals surface area contributed by atoms with E-state index in [-0.39, 0.29) is 5.76 Å². The molecule has 0 aliphatic rings. The van der Waals surface area contributed by atoms with Crippen molar-refractivity contribution in [3.63, 3.8) is 0 Å². The van der Waals surface area contributed by atoms with Gasteiger partial charge in [-0.05, 0) is 49.7 Å². The number of benzene rings is 2. The van der Waals surface area contributed by atoms with Gasteiger partial charge in [-0.1, -0.05) is 6.07 Å². The predicted octanol–water partition coefficient (Wildman–Crippen LogP) is 4.52. The molecule has 130 valence electrons. The van der Waals surface area contributed by atoms with Crippen LogP contribution in [0.25, 0.3) is 11.0 Å². The summed E-state index contributed by atoms with van der Waals surface area (Å²) in [7, 11) is 1.56. The summed E-state index contributed by atoms with van der Waals surface area (Å²) in [4.78, 5) is 12.5. The van der Waals surface area contributed by atoms with Gasteiger partial charge in [0.15, 0.2) is 17.4 Å². The second-order valence-electron chi connectivity index (χ2n) is 5.79. The fraction of sp³-hybridized carbons (Fsp3) is 0.211. The number of hydrogen-bond acceptors (Lipinski definition) is 3. The molecular weight excluding hydrogens is 328 g/mol. The normalized spacial score (nSPS) is 12.2. The van der Waals surface area contributed by atoms with Crippen molar-refractivity contribution in [1.29, 1.82) is 0 Å². The van der Waals surface area contributed by atoms with E-state index in [2.05, 4.69) is 5.32 Å². The van der Waals surface area contributed by atoms with Crippen molar-refractivity contribution >= 4 is 16.9 Å². The van der Waals surface area contributed by atoms with Gasteiger partial charge in [-0.3, -0.25) is 4.79 Å². The molecule has 0 aliphatic carbocycles. The Kier molecular flexibility index (Phi) is 4.44. The number of amides is 1. The van der Waals surface area contributed by atoms with E-state index < -0.39 is 23.6 Å². The van der Waals surface area contributed by atoms with Gasteiger partial charge in [0.2, 0.25) is 0 Å². The van der Waals surface area contributed by atoms with Gasteiger partial charge in [-0.25, -0.2) is 8.78 Å². The highest BCUT2D eigenvalue weighted by Crippen LogP contribution is 2.29. The van der Waals surface area contributed by atoms with Gasteiger partial charge in [0.05, 0.1) is 13.2 Å². The van der Waals surface area contributed by atoms with Crippen molar-refractivity contribution in [2.75, 3.05) is 7.11 Å². The van der Waals surface area contributed by atoms with E-state index in [0.29, 0.717) is 22.5 Å². The highest BCUT2D eigenvalue weighted by atomic mass is 19.2. The molecule has 0 radical (unpaired) electrons. The third-order valence-corrected chi connectivity index (χ3v) is 4.14. The zero-order valence-electron chi connectivity index (χ0n) is 14.0. The van der Waals surface area contributed by atoms with Crippen molar-refractivity contribution in [1.82, 2.24) is 5.32 Å². The SMILES string of the molecule is COc1ccc2oc(C(=O)N[C@@H](C)c3ccc(F)c(F)c3)c(C)c2c1. The van der Waals surface area contributed by atoms with E-state index in [4.69, 9.17) is 9.15 Å². The van der Waals surface area contributed by atoms with Crippen molar-refractivity contribution in [3.05, 3.63) is 64.9 Å². The Labute approximate surface area is 143 Å². The number of carbonyl (C=O) groups excluding carboxylic acids is 1. The van der Waals surface area contributed by atoms with Crippen LogP contribution >= 0.6 is 0 Å². The maximum absolute atomic E-state index is 13.4. The number of nitrogens with one attached hydrogen (secondary N) is 1. The van der Waals surface area contributed by atoms with Crippen LogP contribution in [0.1, 0.15) is 34.6 Å². The summed E-state index contributed by atoms with van der Waals surface area (Å²) in [6, 6.07) is 8.30. The van der Waals surface area contributed by atoms with E-state index in [9.17, 15) is 13.6 Å². The summed E-state index contributed by atoms with van der Waals surface area (Å²) in [6.07, 6.45) is 0. The molecule has 0 saturated carbocycles. The first kappa shape index (κ1) is 17.0. The Morgan fingerprint density at radius 2 is 1.92 bits per heavy atom. The molecule has 1 amide bonds. The molecule has 0 aliphatic heterocycles. The molecule has 0 unspecified atom stereocenters. The van der Waals surface area contributed by atoms with Crippen LogP contribution in [0.2, 0.25) is 0 Å². The molecule has 0 spiro atoms. The first-order valence-corrected chi connectivity index (χ1v) is 7.73. The maximum atomic E-state index is 13.4. The molecule has 3 rings (SSSR count). The van der Waals surface area contributed by atoms with Gasteiger partial charge < -0.3 is 14.5 Å². The van der Waals surface area contributed by atoms with E-state index >= 15 is 0 Å². The largest absolute Gasteiger partial charge is 0.497 e. The minimum absolute atomic E-state index is 0.178. The Bertz CT molecular complexity index is 949. The molecule has 0 bridgehead atoms. The lowest BCUT2D eigenvalue weighted by atomic mass is 10.1. The van der Waals surface area contributed by atoms with Crippen LogP contribution in [0.5, 0.6) is 5.75 Å². The van der Waals surface area contributed by atoms with Crippen molar-refractivity contribution in [2.24, 2.45) is 0 Å². The number of methoxy groups -OCH3 is 1. The fourth-order valence-electron chi connectivity index (χ4n) is 2.67. The number of halogens is 2. The summed E-state index contributed by atoms with van der Waals surface area (Å²) in [5.41, 5.74) is 1.72. The average molecular weight is 345 g/mol. The van der Waals surface area contributed by atoms with Crippen molar-refractivity contribution < 1.29 is 22.7 Å². The summed E-state index contributed by atoms with van der Waals surface area (Å²) in [5.74, 6) is -1.46. The quantitative estimate of drug-likeness (QED) is 0.756. The Morgan fingerprint density at radius 3 is 2.60 bits per heavy atom. The summed E-state index contributed by atoms with van der Waals surface area (Å²) >= 11 is 0. The second-order valence-corrected chi connectivity index (χ2v) is 5.79. The molecule has 4 nitrogen and oxygen atoms in total. The summed E-state index contributed by atoms with van der Waals surface area (Å²) in [5, 5.41) is 3.52. The minimum atomic E-state index is -0.953. The summed E-state index contributed by atoms with van der Waals surface area (Å²) in [6.45, 7) is 3.47. The number of carbonyl (C=O) groups is 1. The topological polar surface area (TPSA) is 51.5 Å². The van der Waals surface area contributed by atoms with Gasteiger partial charge in [-0.2, -0.15) is 0 Å². The monoisotopic (exact) mass is 345 g/mol. The number of hydrogen-bond donors (Lipinski definition) is 1. The highest BCUT2D eigenvalue weighted by Gasteiger charge is 2.20. The van der Waals surface area contributed by atoms with Crippen LogP contribution in [-0.2, 0) is 0 Å². The average Bonchev–Trinajstić information content (AvgIpc) is 2.93. The first-order valence-electron chi connectivity index (χ1n) is 7.73. The minimum Gasteiger partial charge on any atom is -0.497 e. The number of rotatable bonds is 4. The van der Waals surface area contributed by atoms with Gasteiger partial charge in [0, 0.05) is 10.9 Å². The molecule has 1 aromatic heterocycles. The van der Waals surface area contributed by atoms with Gasteiger partial charge in [-0.15, -0.1) is 0 Å². The molecular formula is C19H17F2NO3. The lowest BCUT2D eigenvalue weighted by Crippen LogP contribution is -2.26. The van der Waals surface area contributed by atoms with Crippen LogP contribution in [0, 0.1) is 18.6 Å². The summed E-state index contributed by atoms with van der Waals surface area (Å²) < 4.78 is 37.2. The zero-order valence-corrected chi connectivity index (χ0v) is 14.0. The van der Waals surface area contributed by atoms with Crippen LogP contribution in [-0.4, -0.2) is 13.0 Å².